The smallest absolute Gasteiger partial charge is 0.252 e. The van der Waals surface area contributed by atoms with E-state index in [9.17, 15) is 4.79 Å². The Morgan fingerprint density at radius 2 is 2.11 bits per heavy atom. The summed E-state index contributed by atoms with van der Waals surface area (Å²) in [6, 6.07) is 7.79. The lowest BCUT2D eigenvalue weighted by molar-refractivity contribution is 0.0952. The first-order valence-corrected chi connectivity index (χ1v) is 6.06. The van der Waals surface area contributed by atoms with E-state index in [4.69, 9.17) is 0 Å². The van der Waals surface area contributed by atoms with Gasteiger partial charge in [0, 0.05) is 42.8 Å². The zero-order chi connectivity index (χ0) is 13.1. The Morgan fingerprint density at radius 3 is 2.83 bits per heavy atom. The second-order valence-corrected chi connectivity index (χ2v) is 4.72. The summed E-state index contributed by atoms with van der Waals surface area (Å²) in [5.74, 6) is -0.00588. The number of hydrogen-bond acceptors (Lipinski definition) is 2. The zero-order valence-electron chi connectivity index (χ0n) is 11.1. The first kappa shape index (κ1) is 12.6. The molecule has 96 valence electrons. The van der Waals surface area contributed by atoms with Gasteiger partial charge in [0.2, 0.25) is 0 Å². The van der Waals surface area contributed by atoms with E-state index in [1.54, 1.807) is 0 Å². The van der Waals surface area contributed by atoms with E-state index >= 15 is 0 Å². The van der Waals surface area contributed by atoms with Crippen molar-refractivity contribution in [2.75, 3.05) is 27.2 Å². The standard InChI is InChI=1S/C14H19N3O/c1-16(2)10-8-15-14(18)12-5-4-6-13-11(12)7-9-17(13)3/h4-7,9H,8,10H2,1-3H3,(H,15,18). The van der Waals surface area contributed by atoms with Crippen LogP contribution in [0.15, 0.2) is 30.5 Å². The molecule has 0 spiro atoms. The van der Waals surface area contributed by atoms with Gasteiger partial charge in [-0.15, -0.1) is 0 Å². The molecule has 0 aliphatic rings. The number of amides is 1. The summed E-state index contributed by atoms with van der Waals surface area (Å²) in [6.45, 7) is 1.51. The number of aryl methyl sites for hydroxylation is 1. The number of nitrogens with one attached hydrogen (secondary N) is 1. The van der Waals surface area contributed by atoms with Crippen molar-refractivity contribution >= 4 is 16.8 Å². The van der Waals surface area contributed by atoms with Gasteiger partial charge < -0.3 is 14.8 Å². The van der Waals surface area contributed by atoms with Crippen molar-refractivity contribution in [2.45, 2.75) is 0 Å². The highest BCUT2D eigenvalue weighted by molar-refractivity contribution is 6.06. The Bertz CT molecular complexity index is 557. The average Bonchev–Trinajstić information content (AvgIpc) is 2.71. The second-order valence-electron chi connectivity index (χ2n) is 4.72. The van der Waals surface area contributed by atoms with Crippen LogP contribution < -0.4 is 5.32 Å². The maximum Gasteiger partial charge on any atom is 0.252 e. The van der Waals surface area contributed by atoms with E-state index in [1.165, 1.54) is 0 Å². The van der Waals surface area contributed by atoms with Crippen LogP contribution in [0.25, 0.3) is 10.9 Å². The van der Waals surface area contributed by atoms with Gasteiger partial charge in [0.05, 0.1) is 0 Å². The quantitative estimate of drug-likeness (QED) is 0.885. The molecule has 4 heteroatoms. The number of nitrogens with zero attached hydrogens (tertiary/aromatic N) is 2. The number of carbonyl (C=O) groups is 1. The van der Waals surface area contributed by atoms with Crippen LogP contribution in [-0.4, -0.2) is 42.6 Å². The lowest BCUT2D eigenvalue weighted by atomic mass is 10.1. The molecular weight excluding hydrogens is 226 g/mol. The van der Waals surface area contributed by atoms with E-state index in [1.807, 2.05) is 61.1 Å². The van der Waals surface area contributed by atoms with Crippen molar-refractivity contribution in [1.29, 1.82) is 0 Å². The van der Waals surface area contributed by atoms with Crippen molar-refractivity contribution < 1.29 is 4.79 Å². The fourth-order valence-corrected chi connectivity index (χ4v) is 1.99. The lowest BCUT2D eigenvalue weighted by Crippen LogP contribution is -2.31. The molecule has 1 N–H and O–H groups in total. The number of rotatable bonds is 4. The third kappa shape index (κ3) is 2.54. The Balaban J connectivity index is 2.17. The molecule has 2 aromatic rings. The van der Waals surface area contributed by atoms with Gasteiger partial charge in [-0.25, -0.2) is 0 Å². The second kappa shape index (κ2) is 5.23. The molecule has 18 heavy (non-hydrogen) atoms. The zero-order valence-corrected chi connectivity index (χ0v) is 11.1. The van der Waals surface area contributed by atoms with Crippen molar-refractivity contribution in [2.24, 2.45) is 7.05 Å². The van der Waals surface area contributed by atoms with Gasteiger partial charge in [0.1, 0.15) is 0 Å². The SMILES string of the molecule is CN(C)CCNC(=O)c1cccc2c1ccn2C. The van der Waals surface area contributed by atoms with Crippen LogP contribution in [0.2, 0.25) is 0 Å². The summed E-state index contributed by atoms with van der Waals surface area (Å²) in [6.07, 6.45) is 1.97. The number of aromatic nitrogens is 1. The molecule has 0 aliphatic heterocycles. The van der Waals surface area contributed by atoms with Crippen molar-refractivity contribution in [1.82, 2.24) is 14.8 Å². The molecule has 0 bridgehead atoms. The van der Waals surface area contributed by atoms with E-state index in [-0.39, 0.29) is 5.91 Å². The van der Waals surface area contributed by atoms with E-state index < -0.39 is 0 Å². The predicted molar refractivity (Wildman–Crippen MR) is 73.8 cm³/mol. The highest BCUT2D eigenvalue weighted by Gasteiger charge is 2.10. The van der Waals surface area contributed by atoms with Crippen LogP contribution in [0.4, 0.5) is 0 Å². The molecule has 1 aromatic carbocycles. The van der Waals surface area contributed by atoms with Gasteiger partial charge in [-0.05, 0) is 32.3 Å². The van der Waals surface area contributed by atoms with E-state index in [2.05, 4.69) is 5.32 Å². The van der Waals surface area contributed by atoms with E-state index in [0.717, 1.165) is 23.0 Å². The van der Waals surface area contributed by atoms with Crippen LogP contribution in [0.5, 0.6) is 0 Å². The molecule has 4 nitrogen and oxygen atoms in total. The highest BCUT2D eigenvalue weighted by Crippen LogP contribution is 2.19. The van der Waals surface area contributed by atoms with Crippen LogP contribution in [0, 0.1) is 0 Å². The third-order valence-electron chi connectivity index (χ3n) is 3.02. The summed E-state index contributed by atoms with van der Waals surface area (Å²) >= 11 is 0. The fraction of sp³-hybridized carbons (Fsp3) is 0.357. The van der Waals surface area contributed by atoms with Gasteiger partial charge in [0.25, 0.3) is 5.91 Å². The molecule has 1 amide bonds. The topological polar surface area (TPSA) is 37.3 Å². The van der Waals surface area contributed by atoms with Crippen molar-refractivity contribution in [3.8, 4) is 0 Å². The van der Waals surface area contributed by atoms with Crippen LogP contribution in [-0.2, 0) is 7.05 Å². The van der Waals surface area contributed by atoms with Gasteiger partial charge in [-0.2, -0.15) is 0 Å². The summed E-state index contributed by atoms with van der Waals surface area (Å²) in [5.41, 5.74) is 1.82. The number of likely N-dealkylation sites (N-methyl/N-ethyl adjacent to an activating group) is 1. The molecule has 0 aliphatic carbocycles. The molecule has 0 radical (unpaired) electrons. The minimum atomic E-state index is -0.00588. The largest absolute Gasteiger partial charge is 0.351 e. The Hall–Kier alpha value is -1.81. The van der Waals surface area contributed by atoms with Crippen LogP contribution in [0.1, 0.15) is 10.4 Å². The van der Waals surface area contributed by atoms with Gasteiger partial charge in [-0.3, -0.25) is 4.79 Å². The lowest BCUT2D eigenvalue weighted by Gasteiger charge is -2.11. The first-order chi connectivity index (χ1) is 8.59. The maximum atomic E-state index is 12.1. The van der Waals surface area contributed by atoms with Crippen molar-refractivity contribution in [3.05, 3.63) is 36.0 Å². The molecule has 0 saturated heterocycles. The first-order valence-electron chi connectivity index (χ1n) is 6.06. The summed E-state index contributed by atoms with van der Waals surface area (Å²) in [5, 5.41) is 3.94. The number of benzene rings is 1. The third-order valence-corrected chi connectivity index (χ3v) is 3.02. The molecule has 0 unspecified atom stereocenters. The summed E-state index contributed by atoms with van der Waals surface area (Å²) < 4.78 is 2.02. The molecule has 1 aromatic heterocycles. The van der Waals surface area contributed by atoms with Crippen LogP contribution in [0.3, 0.4) is 0 Å². The molecule has 2 rings (SSSR count). The number of hydrogen-bond donors (Lipinski definition) is 1. The van der Waals surface area contributed by atoms with Gasteiger partial charge >= 0.3 is 0 Å². The summed E-state index contributed by atoms with van der Waals surface area (Å²) in [4.78, 5) is 14.2. The highest BCUT2D eigenvalue weighted by atomic mass is 16.1. The summed E-state index contributed by atoms with van der Waals surface area (Å²) in [7, 11) is 5.96. The fourth-order valence-electron chi connectivity index (χ4n) is 1.99. The number of fused-ring (bicyclic) bond motifs is 1. The maximum absolute atomic E-state index is 12.1. The van der Waals surface area contributed by atoms with Crippen LogP contribution >= 0.6 is 0 Å². The molecular formula is C14H19N3O. The van der Waals surface area contributed by atoms with Gasteiger partial charge in [0.15, 0.2) is 0 Å². The average molecular weight is 245 g/mol. The molecule has 0 saturated carbocycles. The van der Waals surface area contributed by atoms with Gasteiger partial charge in [-0.1, -0.05) is 6.07 Å². The normalized spacial score (nSPS) is 11.1. The molecule has 1 heterocycles. The Kier molecular flexibility index (Phi) is 3.67. The Morgan fingerprint density at radius 1 is 1.33 bits per heavy atom. The van der Waals surface area contributed by atoms with Crippen molar-refractivity contribution in [3.63, 3.8) is 0 Å². The minimum absolute atomic E-state index is 0.00588. The molecule has 0 atom stereocenters. The Labute approximate surface area is 107 Å². The monoisotopic (exact) mass is 245 g/mol. The minimum Gasteiger partial charge on any atom is -0.351 e. The predicted octanol–water partition coefficient (Wildman–Crippen LogP) is 1.47. The number of carbonyl (C=O) groups excluding carboxylic acids is 1. The van der Waals surface area contributed by atoms with E-state index in [0.29, 0.717) is 6.54 Å². The molecule has 0 fully saturated rings.